The molecule has 0 radical (unpaired) electrons. The quantitative estimate of drug-likeness (QED) is 0.424. The maximum Gasteiger partial charge on any atom is 0.490 e. The molecule has 2 fully saturated rings. The molecule has 0 aliphatic carbocycles. The van der Waals surface area contributed by atoms with Crippen LogP contribution < -0.4 is 9.62 Å². The lowest BCUT2D eigenvalue weighted by atomic mass is 9.99. The Kier molecular flexibility index (Phi) is 9.95. The Morgan fingerprint density at radius 3 is 2.17 bits per heavy atom. The summed E-state index contributed by atoms with van der Waals surface area (Å²) in [5.41, 5.74) is 0.328. The zero-order valence-electron chi connectivity index (χ0n) is 21.6. The fraction of sp³-hybridized carbons (Fsp3) is 0.480. The Labute approximate surface area is 228 Å². The summed E-state index contributed by atoms with van der Waals surface area (Å²) >= 11 is 0. The van der Waals surface area contributed by atoms with Gasteiger partial charge in [0.15, 0.2) is 0 Å². The number of sulfonamides is 1. The van der Waals surface area contributed by atoms with Crippen LogP contribution in [-0.2, 0) is 14.8 Å². The van der Waals surface area contributed by atoms with Crippen molar-refractivity contribution >= 4 is 33.5 Å². The molecule has 40 heavy (non-hydrogen) atoms. The Morgan fingerprint density at radius 1 is 1.02 bits per heavy atom. The second kappa shape index (κ2) is 12.8. The molecule has 2 aliphatic rings. The predicted octanol–water partition coefficient (Wildman–Crippen LogP) is 4.12. The second-order valence-electron chi connectivity index (χ2n) is 9.53. The fourth-order valence-corrected chi connectivity index (χ4v) is 6.01. The number of aryl methyl sites for hydroxylation is 1. The Balaban J connectivity index is 0.000000559. The molecule has 4 rings (SSSR count). The zero-order valence-corrected chi connectivity index (χ0v) is 22.4. The van der Waals surface area contributed by atoms with Gasteiger partial charge in [0.1, 0.15) is 17.2 Å². The monoisotopic (exact) mass is 590 g/mol. The summed E-state index contributed by atoms with van der Waals surface area (Å²) in [4.78, 5) is 29.5. The highest BCUT2D eigenvalue weighted by atomic mass is 32.2. The topological polar surface area (TPSA) is 140 Å². The number of nitrogens with zero attached hydrogens (tertiary/aromatic N) is 3. The number of halogens is 4. The van der Waals surface area contributed by atoms with Crippen LogP contribution in [0.2, 0.25) is 0 Å². The van der Waals surface area contributed by atoms with Crippen LogP contribution in [-0.4, -0.2) is 78.9 Å². The van der Waals surface area contributed by atoms with E-state index in [0.717, 1.165) is 32.0 Å². The largest absolute Gasteiger partial charge is 0.490 e. The molecule has 0 bridgehead atoms. The third kappa shape index (κ3) is 8.03. The van der Waals surface area contributed by atoms with Crippen LogP contribution in [0, 0.1) is 12.7 Å². The summed E-state index contributed by atoms with van der Waals surface area (Å²) in [7, 11) is -4.11. The number of piperidine rings is 2. The summed E-state index contributed by atoms with van der Waals surface area (Å²) in [5.74, 6) is -4.27. The van der Waals surface area contributed by atoms with Crippen LogP contribution in [0.15, 0.2) is 35.4 Å². The summed E-state index contributed by atoms with van der Waals surface area (Å²) in [6.07, 6.45) is 1.86. The van der Waals surface area contributed by atoms with E-state index in [1.54, 1.807) is 6.92 Å². The van der Waals surface area contributed by atoms with Crippen molar-refractivity contribution in [1.29, 1.82) is 0 Å². The van der Waals surface area contributed by atoms with Crippen LogP contribution in [0.25, 0.3) is 0 Å². The first-order chi connectivity index (χ1) is 18.7. The minimum absolute atomic E-state index is 0.0167. The summed E-state index contributed by atoms with van der Waals surface area (Å²) in [6, 6.07) is 5.27. The number of carbonyl (C=O) groups is 2. The van der Waals surface area contributed by atoms with E-state index >= 15 is 0 Å². The molecule has 0 unspecified atom stereocenters. The van der Waals surface area contributed by atoms with Crippen molar-refractivity contribution in [2.75, 3.05) is 35.8 Å². The summed E-state index contributed by atoms with van der Waals surface area (Å²) in [5, 5.41) is 16.9. The molecular weight excluding hydrogens is 560 g/mol. The lowest BCUT2D eigenvalue weighted by Crippen LogP contribution is -2.47. The van der Waals surface area contributed by atoms with Crippen molar-refractivity contribution in [1.82, 2.24) is 9.88 Å². The van der Waals surface area contributed by atoms with Crippen LogP contribution >= 0.6 is 0 Å². The van der Waals surface area contributed by atoms with E-state index in [9.17, 15) is 35.9 Å². The molecule has 1 aromatic heterocycles. The SMILES string of the molecule is Cc1ccc(F)cc1S(=O)(=O)Nc1cnc(N2CCC(N3CCCCC3)CC2)c(C(=O)O)c1.O=C(O)C(F)(F)F. The minimum Gasteiger partial charge on any atom is -0.478 e. The third-order valence-electron chi connectivity index (χ3n) is 6.70. The highest BCUT2D eigenvalue weighted by Gasteiger charge is 2.38. The molecule has 0 saturated carbocycles. The number of nitrogens with one attached hydrogen (secondary N) is 1. The second-order valence-corrected chi connectivity index (χ2v) is 11.2. The number of benzene rings is 1. The molecule has 3 heterocycles. The average Bonchev–Trinajstić information content (AvgIpc) is 2.90. The number of aromatic nitrogens is 1. The van der Waals surface area contributed by atoms with Crippen molar-refractivity contribution in [3.8, 4) is 0 Å². The molecule has 2 saturated heterocycles. The van der Waals surface area contributed by atoms with E-state index in [0.29, 0.717) is 30.5 Å². The molecule has 2 aliphatic heterocycles. The van der Waals surface area contributed by atoms with Crippen LogP contribution in [0.4, 0.5) is 29.1 Å². The number of hydrogen-bond acceptors (Lipinski definition) is 7. The van der Waals surface area contributed by atoms with Gasteiger partial charge in [0.2, 0.25) is 0 Å². The normalized spacial score (nSPS) is 17.1. The Bertz CT molecular complexity index is 1330. The van der Waals surface area contributed by atoms with E-state index in [-0.39, 0.29) is 16.1 Å². The van der Waals surface area contributed by atoms with Crippen molar-refractivity contribution < 1.29 is 45.8 Å². The van der Waals surface area contributed by atoms with Crippen LogP contribution in [0.1, 0.15) is 48.0 Å². The van der Waals surface area contributed by atoms with Gasteiger partial charge in [-0.3, -0.25) is 4.72 Å². The number of alkyl halides is 3. The fourth-order valence-electron chi connectivity index (χ4n) is 4.72. The number of anilines is 2. The lowest BCUT2D eigenvalue weighted by molar-refractivity contribution is -0.192. The number of aromatic carboxylic acids is 1. The van der Waals surface area contributed by atoms with Crippen LogP contribution in [0.3, 0.4) is 0 Å². The standard InChI is InChI=1S/C23H29FN4O4S.C2HF3O2/c1-16-5-6-17(24)13-21(16)33(31,32)26-18-14-20(23(29)30)22(25-15-18)28-11-7-19(8-12-28)27-9-3-2-4-10-27;3-2(4,5)1(6)7/h5-6,13-15,19,26H,2-4,7-12H2,1H3,(H,29,30);(H,6,7). The summed E-state index contributed by atoms with van der Waals surface area (Å²) < 4.78 is 73.2. The first-order valence-corrected chi connectivity index (χ1v) is 14.0. The number of carboxylic acids is 2. The van der Waals surface area contributed by atoms with Gasteiger partial charge in [0.25, 0.3) is 10.0 Å². The van der Waals surface area contributed by atoms with Gasteiger partial charge in [0, 0.05) is 19.1 Å². The van der Waals surface area contributed by atoms with E-state index in [1.807, 2.05) is 4.90 Å². The number of carboxylic acid groups (broad SMARTS) is 2. The number of hydrogen-bond donors (Lipinski definition) is 3. The first kappa shape index (κ1) is 31.1. The molecule has 220 valence electrons. The molecule has 2 aromatic rings. The Hall–Kier alpha value is -3.46. The summed E-state index contributed by atoms with van der Waals surface area (Å²) in [6.45, 7) is 5.21. The average molecular weight is 591 g/mol. The lowest BCUT2D eigenvalue weighted by Gasteiger charge is -2.40. The zero-order chi connectivity index (χ0) is 29.7. The molecule has 1 aromatic carbocycles. The molecule has 0 spiro atoms. The van der Waals surface area contributed by atoms with Gasteiger partial charge in [-0.25, -0.2) is 27.4 Å². The smallest absolute Gasteiger partial charge is 0.478 e. The van der Waals surface area contributed by atoms with Gasteiger partial charge in [0.05, 0.1) is 16.8 Å². The molecule has 3 N–H and O–H groups in total. The number of likely N-dealkylation sites (tertiary alicyclic amines) is 1. The highest BCUT2D eigenvalue weighted by Crippen LogP contribution is 2.28. The van der Waals surface area contributed by atoms with Gasteiger partial charge in [-0.2, -0.15) is 13.2 Å². The molecule has 15 heteroatoms. The molecule has 10 nitrogen and oxygen atoms in total. The number of pyridine rings is 1. The highest BCUT2D eigenvalue weighted by molar-refractivity contribution is 7.92. The van der Waals surface area contributed by atoms with Gasteiger partial charge in [-0.05, 0) is 69.5 Å². The van der Waals surface area contributed by atoms with E-state index in [1.165, 1.54) is 43.7 Å². The van der Waals surface area contributed by atoms with Crippen molar-refractivity contribution in [2.45, 2.75) is 56.1 Å². The Morgan fingerprint density at radius 2 is 1.62 bits per heavy atom. The molecular formula is C25H30F4N4O6S. The van der Waals surface area contributed by atoms with Gasteiger partial charge >= 0.3 is 18.1 Å². The number of aliphatic carboxylic acids is 1. The van der Waals surface area contributed by atoms with E-state index in [4.69, 9.17) is 9.90 Å². The van der Waals surface area contributed by atoms with Crippen molar-refractivity contribution in [3.05, 3.63) is 47.4 Å². The minimum atomic E-state index is -5.08. The maximum absolute atomic E-state index is 13.6. The molecule has 0 amide bonds. The van der Waals surface area contributed by atoms with Crippen molar-refractivity contribution in [2.24, 2.45) is 0 Å². The molecule has 0 atom stereocenters. The van der Waals surface area contributed by atoms with E-state index < -0.39 is 34.0 Å². The van der Waals surface area contributed by atoms with Crippen LogP contribution in [0.5, 0.6) is 0 Å². The maximum atomic E-state index is 13.6. The number of rotatable bonds is 6. The van der Waals surface area contributed by atoms with Crippen molar-refractivity contribution in [3.63, 3.8) is 0 Å². The van der Waals surface area contributed by atoms with Gasteiger partial charge < -0.3 is 20.0 Å². The third-order valence-corrected chi connectivity index (χ3v) is 8.23. The predicted molar refractivity (Wildman–Crippen MR) is 137 cm³/mol. The first-order valence-electron chi connectivity index (χ1n) is 12.5. The van der Waals surface area contributed by atoms with Gasteiger partial charge in [-0.1, -0.05) is 12.5 Å². The van der Waals surface area contributed by atoms with Gasteiger partial charge in [-0.15, -0.1) is 0 Å². The van der Waals surface area contributed by atoms with E-state index in [2.05, 4.69) is 14.6 Å².